The summed E-state index contributed by atoms with van der Waals surface area (Å²) in [6.45, 7) is 2.45. The molecule has 3 heterocycles. The lowest BCUT2D eigenvalue weighted by atomic mass is 9.91. The van der Waals surface area contributed by atoms with Crippen LogP contribution in [-0.4, -0.2) is 46.0 Å². The van der Waals surface area contributed by atoms with Crippen molar-refractivity contribution < 1.29 is 28.4 Å². The molecule has 0 saturated carbocycles. The van der Waals surface area contributed by atoms with Crippen LogP contribution >= 0.6 is 11.3 Å². The number of ether oxygens (including phenoxy) is 2. The number of aldehydes is 1. The number of carbonyl (C=O) groups is 3. The number of amides is 2. The molecule has 0 N–H and O–H groups in total. The highest BCUT2D eigenvalue weighted by Gasteiger charge is 2.39. The zero-order chi connectivity index (χ0) is 30.5. The molecule has 0 aliphatic carbocycles. The zero-order valence-corrected chi connectivity index (χ0v) is 24.7. The third kappa shape index (κ3) is 6.45. The zero-order valence-electron chi connectivity index (χ0n) is 23.9. The number of benzene rings is 3. The lowest BCUT2D eigenvalue weighted by molar-refractivity contribution is -0.129. The second-order valence-corrected chi connectivity index (χ2v) is 11.6. The second kappa shape index (κ2) is 13.0. The molecule has 2 aromatic heterocycles. The molecule has 222 valence electrons. The molecule has 1 saturated heterocycles. The van der Waals surface area contributed by atoms with Gasteiger partial charge in [0.1, 0.15) is 36.5 Å². The number of aryl methyl sites for hydroxylation is 1. The monoisotopic (exact) mass is 607 g/mol. The van der Waals surface area contributed by atoms with E-state index in [0.29, 0.717) is 30.0 Å². The first-order chi connectivity index (χ1) is 21.5. The van der Waals surface area contributed by atoms with Gasteiger partial charge in [-0.2, -0.15) is 0 Å². The average molecular weight is 608 g/mol. The largest absolute Gasteiger partial charge is 0.488 e. The van der Waals surface area contributed by atoms with Crippen LogP contribution in [0.5, 0.6) is 5.75 Å². The van der Waals surface area contributed by atoms with E-state index in [1.165, 1.54) is 11.2 Å². The molecule has 9 nitrogen and oxygen atoms in total. The number of nitrogens with zero attached hydrogens (tertiary/aromatic N) is 3. The molecular weight excluding hydrogens is 578 g/mol. The molecule has 10 heteroatoms. The van der Waals surface area contributed by atoms with Gasteiger partial charge in [0, 0.05) is 29.5 Å². The molecule has 1 aliphatic heterocycles. The number of cyclic esters (lactones) is 1. The Morgan fingerprint density at radius 1 is 1.07 bits per heavy atom. The first-order valence-corrected chi connectivity index (χ1v) is 15.0. The van der Waals surface area contributed by atoms with E-state index >= 15 is 0 Å². The van der Waals surface area contributed by atoms with Gasteiger partial charge in [0.2, 0.25) is 5.91 Å². The molecule has 1 aliphatic rings. The molecular formula is C34H29N3O6S. The molecule has 0 bridgehead atoms. The Hall–Kier alpha value is -5.09. The fraction of sp³-hybridized carbons (Fsp3) is 0.206. The maximum atomic E-state index is 13.6. The van der Waals surface area contributed by atoms with Gasteiger partial charge >= 0.3 is 6.09 Å². The summed E-state index contributed by atoms with van der Waals surface area (Å²) < 4.78 is 16.5. The maximum Gasteiger partial charge on any atom is 0.416 e. The predicted molar refractivity (Wildman–Crippen MR) is 164 cm³/mol. The number of imide groups is 1. The van der Waals surface area contributed by atoms with E-state index in [9.17, 15) is 14.4 Å². The third-order valence-electron chi connectivity index (χ3n) is 7.58. The van der Waals surface area contributed by atoms with Crippen LogP contribution in [0.1, 0.15) is 50.1 Å². The second-order valence-electron chi connectivity index (χ2n) is 10.5. The molecule has 3 aromatic carbocycles. The number of carbonyl (C=O) groups excluding carboxylic acids is 3. The highest BCUT2D eigenvalue weighted by Crippen LogP contribution is 2.32. The summed E-state index contributed by atoms with van der Waals surface area (Å²) in [5.74, 6) is -0.105. The van der Waals surface area contributed by atoms with Crippen LogP contribution in [0.2, 0.25) is 0 Å². The van der Waals surface area contributed by atoms with Crippen molar-refractivity contribution in [1.29, 1.82) is 0 Å². The van der Waals surface area contributed by atoms with Gasteiger partial charge in [0.05, 0.1) is 22.3 Å². The molecule has 2 amide bonds. The number of rotatable bonds is 11. The van der Waals surface area contributed by atoms with Crippen LogP contribution in [-0.2, 0) is 22.6 Å². The van der Waals surface area contributed by atoms with Gasteiger partial charge in [0.15, 0.2) is 0 Å². The molecule has 6 rings (SSSR count). The minimum absolute atomic E-state index is 0.0176. The van der Waals surface area contributed by atoms with E-state index in [1.54, 1.807) is 29.5 Å². The van der Waals surface area contributed by atoms with Gasteiger partial charge < -0.3 is 14.0 Å². The summed E-state index contributed by atoms with van der Waals surface area (Å²) in [5, 5.41) is 4.97. The van der Waals surface area contributed by atoms with E-state index in [0.717, 1.165) is 38.6 Å². The normalized spacial score (nSPS) is 15.2. The van der Waals surface area contributed by atoms with Gasteiger partial charge in [-0.3, -0.25) is 9.59 Å². The van der Waals surface area contributed by atoms with Crippen molar-refractivity contribution in [3.63, 3.8) is 0 Å². The van der Waals surface area contributed by atoms with Crippen molar-refractivity contribution in [3.8, 4) is 16.3 Å². The number of thiazole rings is 1. The summed E-state index contributed by atoms with van der Waals surface area (Å²) in [6.07, 6.45) is 2.20. The summed E-state index contributed by atoms with van der Waals surface area (Å²) >= 11 is 1.55. The predicted octanol–water partition coefficient (Wildman–Crippen LogP) is 6.61. The first kappa shape index (κ1) is 29.0. The van der Waals surface area contributed by atoms with Crippen molar-refractivity contribution in [1.82, 2.24) is 15.0 Å². The van der Waals surface area contributed by atoms with Gasteiger partial charge in [-0.25, -0.2) is 14.7 Å². The molecule has 0 unspecified atom stereocenters. The standard InChI is InChI=1S/C34H29N3O6S/c1-22-31(44-33(35-22)26-9-7-24(19-38)8-10-26)21-41-28-13-11-25(12-14-28)29(30-15-16-43-36-30)18-32(39)37-27(20-42-34(37)40)17-23-5-3-2-4-6-23/h2-16,19,27,29H,17-18,20-21H2,1H3/t27-,29-/m0/s1. The van der Waals surface area contributed by atoms with E-state index < -0.39 is 12.0 Å². The Balaban J connectivity index is 1.14. The highest BCUT2D eigenvalue weighted by atomic mass is 32.1. The average Bonchev–Trinajstić information content (AvgIpc) is 3.80. The SMILES string of the molecule is Cc1nc(-c2ccc(C=O)cc2)sc1COc1ccc([C@H](CC(=O)N2C(=O)OC[C@@H]2Cc2ccccc2)c2ccon2)cc1. The van der Waals surface area contributed by atoms with Crippen LogP contribution < -0.4 is 4.74 Å². The number of hydrogen-bond acceptors (Lipinski definition) is 9. The Morgan fingerprint density at radius 2 is 1.84 bits per heavy atom. The minimum atomic E-state index is -0.627. The maximum absolute atomic E-state index is 13.6. The van der Waals surface area contributed by atoms with Crippen molar-refractivity contribution in [2.75, 3.05) is 6.61 Å². The third-order valence-corrected chi connectivity index (χ3v) is 8.76. The van der Waals surface area contributed by atoms with Crippen LogP contribution in [0.25, 0.3) is 10.6 Å². The van der Waals surface area contributed by atoms with Crippen LogP contribution in [0.4, 0.5) is 4.79 Å². The molecule has 1 fully saturated rings. The fourth-order valence-corrected chi connectivity index (χ4v) is 6.19. The van der Waals surface area contributed by atoms with Crippen LogP contribution in [0.15, 0.2) is 95.7 Å². The molecule has 5 aromatic rings. The van der Waals surface area contributed by atoms with Gasteiger partial charge in [-0.05, 0) is 36.6 Å². The Morgan fingerprint density at radius 3 is 2.55 bits per heavy atom. The first-order valence-electron chi connectivity index (χ1n) is 14.2. The smallest absolute Gasteiger partial charge is 0.416 e. The molecule has 2 atom stereocenters. The van der Waals surface area contributed by atoms with E-state index in [2.05, 4.69) is 10.1 Å². The van der Waals surface area contributed by atoms with Gasteiger partial charge in [-0.15, -0.1) is 11.3 Å². The molecule has 44 heavy (non-hydrogen) atoms. The van der Waals surface area contributed by atoms with E-state index in [4.69, 9.17) is 14.0 Å². The summed E-state index contributed by atoms with van der Waals surface area (Å²) in [4.78, 5) is 44.0. The van der Waals surface area contributed by atoms with Gasteiger partial charge in [-0.1, -0.05) is 71.9 Å². The van der Waals surface area contributed by atoms with Crippen LogP contribution in [0.3, 0.4) is 0 Å². The lowest BCUT2D eigenvalue weighted by Crippen LogP contribution is -2.40. The highest BCUT2D eigenvalue weighted by molar-refractivity contribution is 7.15. The molecule has 0 spiro atoms. The van der Waals surface area contributed by atoms with E-state index in [-0.39, 0.29) is 25.0 Å². The van der Waals surface area contributed by atoms with Crippen molar-refractivity contribution in [3.05, 3.63) is 124 Å². The van der Waals surface area contributed by atoms with Gasteiger partial charge in [0.25, 0.3) is 0 Å². The summed E-state index contributed by atoms with van der Waals surface area (Å²) in [6, 6.07) is 25.9. The summed E-state index contributed by atoms with van der Waals surface area (Å²) in [7, 11) is 0. The minimum Gasteiger partial charge on any atom is -0.488 e. The fourth-order valence-electron chi connectivity index (χ4n) is 5.21. The Labute approximate surface area is 258 Å². The van der Waals surface area contributed by atoms with Crippen molar-refractivity contribution >= 4 is 29.6 Å². The number of hydrogen-bond donors (Lipinski definition) is 0. The molecule has 0 radical (unpaired) electrons. The quantitative estimate of drug-likeness (QED) is 0.154. The van der Waals surface area contributed by atoms with Crippen molar-refractivity contribution in [2.24, 2.45) is 0 Å². The lowest BCUT2D eigenvalue weighted by Gasteiger charge is -2.22. The summed E-state index contributed by atoms with van der Waals surface area (Å²) in [5.41, 5.74) is 4.90. The number of aromatic nitrogens is 2. The van der Waals surface area contributed by atoms with Crippen molar-refractivity contribution in [2.45, 2.75) is 38.3 Å². The van der Waals surface area contributed by atoms with E-state index in [1.807, 2.05) is 73.7 Å². The Kier molecular flexibility index (Phi) is 8.60. The Bertz CT molecular complexity index is 1730. The topological polar surface area (TPSA) is 112 Å². The van der Waals surface area contributed by atoms with Crippen LogP contribution in [0, 0.1) is 6.92 Å².